The first-order chi connectivity index (χ1) is 7.69. The van der Waals surface area contributed by atoms with E-state index in [9.17, 15) is 4.79 Å². The molecule has 1 rings (SSSR count). The number of carbonyl (C=O) groups is 1. The molecule has 5 nitrogen and oxygen atoms in total. The van der Waals surface area contributed by atoms with Crippen molar-refractivity contribution in [2.75, 3.05) is 25.5 Å². The molecule has 5 heteroatoms. The van der Waals surface area contributed by atoms with Crippen LogP contribution in [0.3, 0.4) is 0 Å². The maximum Gasteiger partial charge on any atom is 0.273 e. The van der Waals surface area contributed by atoms with Crippen LogP contribution < -0.4 is 5.32 Å². The van der Waals surface area contributed by atoms with Gasteiger partial charge in [0.25, 0.3) is 5.91 Å². The quantitative estimate of drug-likeness (QED) is 0.818. The Hall–Kier alpha value is -1.65. The summed E-state index contributed by atoms with van der Waals surface area (Å²) < 4.78 is 0. The molecule has 1 aromatic rings. The third-order valence-electron chi connectivity index (χ3n) is 2.13. The van der Waals surface area contributed by atoms with Crippen molar-refractivity contribution in [1.82, 2.24) is 14.9 Å². The molecule has 0 aliphatic rings. The molecule has 16 heavy (non-hydrogen) atoms. The van der Waals surface area contributed by atoms with E-state index in [1.807, 2.05) is 13.8 Å². The van der Waals surface area contributed by atoms with Gasteiger partial charge in [-0.25, -0.2) is 9.97 Å². The third kappa shape index (κ3) is 3.18. The van der Waals surface area contributed by atoms with Crippen LogP contribution in [-0.2, 0) is 0 Å². The van der Waals surface area contributed by atoms with Gasteiger partial charge in [0.2, 0.25) is 0 Å². The van der Waals surface area contributed by atoms with Crippen molar-refractivity contribution in [3.63, 3.8) is 0 Å². The van der Waals surface area contributed by atoms with Crippen molar-refractivity contribution in [3.05, 3.63) is 18.1 Å². The monoisotopic (exact) mass is 222 g/mol. The fourth-order valence-corrected chi connectivity index (χ4v) is 1.34. The van der Waals surface area contributed by atoms with Crippen LogP contribution in [-0.4, -0.2) is 40.9 Å². The molecule has 0 saturated carbocycles. The summed E-state index contributed by atoms with van der Waals surface area (Å²) in [5.41, 5.74) is 0.387. The Bertz CT molecular complexity index is 336. The number of aromatic nitrogens is 2. The number of carbonyl (C=O) groups excluding carboxylic acids is 1. The predicted octanol–water partition coefficient (Wildman–Crippen LogP) is 1.39. The van der Waals surface area contributed by atoms with E-state index in [0.29, 0.717) is 11.5 Å². The summed E-state index contributed by atoms with van der Waals surface area (Å²) in [6.07, 6.45) is 4.02. The molecule has 0 unspecified atom stereocenters. The summed E-state index contributed by atoms with van der Waals surface area (Å²) in [4.78, 5) is 21.7. The molecule has 0 saturated heterocycles. The highest BCUT2D eigenvalue weighted by molar-refractivity contribution is 5.91. The van der Waals surface area contributed by atoms with Gasteiger partial charge in [-0.2, -0.15) is 0 Å². The minimum Gasteiger partial charge on any atom is -0.369 e. The molecule has 0 aliphatic carbocycles. The molecule has 0 bridgehead atoms. The molecule has 1 heterocycles. The van der Waals surface area contributed by atoms with Gasteiger partial charge in [0.15, 0.2) is 0 Å². The third-order valence-corrected chi connectivity index (χ3v) is 2.13. The largest absolute Gasteiger partial charge is 0.369 e. The molecule has 88 valence electrons. The van der Waals surface area contributed by atoms with Gasteiger partial charge in [0.1, 0.15) is 11.5 Å². The van der Waals surface area contributed by atoms with Crippen molar-refractivity contribution in [2.45, 2.75) is 20.3 Å². The lowest BCUT2D eigenvalue weighted by molar-refractivity contribution is 0.0789. The first-order valence-corrected chi connectivity index (χ1v) is 5.50. The first kappa shape index (κ1) is 12.4. The normalized spacial score (nSPS) is 9.94. The van der Waals surface area contributed by atoms with Gasteiger partial charge in [-0.1, -0.05) is 6.92 Å². The lowest BCUT2D eigenvalue weighted by Gasteiger charge is -2.15. The maximum absolute atomic E-state index is 11.8. The van der Waals surface area contributed by atoms with Gasteiger partial charge in [-0.3, -0.25) is 4.79 Å². The zero-order valence-corrected chi connectivity index (χ0v) is 10.0. The van der Waals surface area contributed by atoms with E-state index in [1.54, 1.807) is 18.1 Å². The lowest BCUT2D eigenvalue weighted by Crippen LogP contribution is -2.28. The topological polar surface area (TPSA) is 58.1 Å². The standard InChI is InChI=1S/C11H18N4O/c1-4-6-15(3)11(16)9-7-14-10(8-13-9)12-5-2/h7-8H,4-6H2,1-3H3,(H,12,14). The molecule has 0 spiro atoms. The van der Waals surface area contributed by atoms with E-state index >= 15 is 0 Å². The fraction of sp³-hybridized carbons (Fsp3) is 0.545. The van der Waals surface area contributed by atoms with Gasteiger partial charge in [0.05, 0.1) is 12.4 Å². The number of amides is 1. The highest BCUT2D eigenvalue weighted by Gasteiger charge is 2.12. The number of rotatable bonds is 5. The zero-order valence-electron chi connectivity index (χ0n) is 10.0. The minimum atomic E-state index is -0.0857. The summed E-state index contributed by atoms with van der Waals surface area (Å²) in [5, 5.41) is 3.03. The molecule has 0 aliphatic heterocycles. The van der Waals surface area contributed by atoms with Crippen LogP contribution >= 0.6 is 0 Å². The van der Waals surface area contributed by atoms with Gasteiger partial charge < -0.3 is 10.2 Å². The number of nitrogens with one attached hydrogen (secondary N) is 1. The van der Waals surface area contributed by atoms with Crippen LogP contribution in [0.25, 0.3) is 0 Å². The summed E-state index contributed by atoms with van der Waals surface area (Å²) in [5.74, 6) is 0.606. The number of hydrogen-bond donors (Lipinski definition) is 1. The molecule has 0 radical (unpaired) electrons. The second kappa shape index (κ2) is 6.05. The lowest BCUT2D eigenvalue weighted by atomic mass is 10.3. The molecule has 1 aromatic heterocycles. The van der Waals surface area contributed by atoms with E-state index in [2.05, 4.69) is 15.3 Å². The van der Waals surface area contributed by atoms with Gasteiger partial charge in [-0.15, -0.1) is 0 Å². The molecular formula is C11H18N4O. The van der Waals surface area contributed by atoms with Crippen LogP contribution in [0, 0.1) is 0 Å². The van der Waals surface area contributed by atoms with Crippen LogP contribution in [0.4, 0.5) is 5.82 Å². The molecule has 0 atom stereocenters. The second-order valence-corrected chi connectivity index (χ2v) is 3.54. The van der Waals surface area contributed by atoms with Crippen molar-refractivity contribution in [2.24, 2.45) is 0 Å². The SMILES string of the molecule is CCCN(C)C(=O)c1cnc(NCC)cn1. The predicted molar refractivity (Wildman–Crippen MR) is 63.4 cm³/mol. The van der Waals surface area contributed by atoms with Gasteiger partial charge in [-0.05, 0) is 13.3 Å². The fourth-order valence-electron chi connectivity index (χ4n) is 1.34. The minimum absolute atomic E-state index is 0.0857. The van der Waals surface area contributed by atoms with Crippen LogP contribution in [0.15, 0.2) is 12.4 Å². The molecule has 1 amide bonds. The zero-order chi connectivity index (χ0) is 12.0. The van der Waals surface area contributed by atoms with Gasteiger partial charge in [0, 0.05) is 20.1 Å². The second-order valence-electron chi connectivity index (χ2n) is 3.54. The molecule has 1 N–H and O–H groups in total. The van der Waals surface area contributed by atoms with Crippen molar-refractivity contribution in [1.29, 1.82) is 0 Å². The van der Waals surface area contributed by atoms with E-state index < -0.39 is 0 Å². The van der Waals surface area contributed by atoms with E-state index in [0.717, 1.165) is 19.5 Å². The average Bonchev–Trinajstić information content (AvgIpc) is 2.30. The van der Waals surface area contributed by atoms with Crippen molar-refractivity contribution >= 4 is 11.7 Å². The summed E-state index contributed by atoms with van der Waals surface area (Å²) in [7, 11) is 1.77. The highest BCUT2D eigenvalue weighted by Crippen LogP contribution is 2.03. The van der Waals surface area contributed by atoms with Crippen LogP contribution in [0.2, 0.25) is 0 Å². The van der Waals surface area contributed by atoms with E-state index in [1.165, 1.54) is 6.20 Å². The molecule has 0 fully saturated rings. The Labute approximate surface area is 95.9 Å². The van der Waals surface area contributed by atoms with Gasteiger partial charge >= 0.3 is 0 Å². The van der Waals surface area contributed by atoms with Crippen molar-refractivity contribution in [3.8, 4) is 0 Å². The summed E-state index contributed by atoms with van der Waals surface area (Å²) in [6, 6.07) is 0. The van der Waals surface area contributed by atoms with E-state index in [4.69, 9.17) is 0 Å². The Kier molecular flexibility index (Phi) is 4.69. The number of nitrogens with zero attached hydrogens (tertiary/aromatic N) is 3. The number of hydrogen-bond acceptors (Lipinski definition) is 4. The summed E-state index contributed by atoms with van der Waals surface area (Å²) >= 11 is 0. The molecule has 0 aromatic carbocycles. The maximum atomic E-state index is 11.8. The Morgan fingerprint density at radius 3 is 2.62 bits per heavy atom. The number of anilines is 1. The highest BCUT2D eigenvalue weighted by atomic mass is 16.2. The van der Waals surface area contributed by atoms with E-state index in [-0.39, 0.29) is 5.91 Å². The van der Waals surface area contributed by atoms with Crippen molar-refractivity contribution < 1.29 is 4.79 Å². The Morgan fingerprint density at radius 2 is 2.12 bits per heavy atom. The van der Waals surface area contributed by atoms with Crippen LogP contribution in [0.5, 0.6) is 0 Å². The average molecular weight is 222 g/mol. The molecular weight excluding hydrogens is 204 g/mol. The Balaban J connectivity index is 2.69. The Morgan fingerprint density at radius 1 is 1.38 bits per heavy atom. The summed E-state index contributed by atoms with van der Waals surface area (Å²) in [6.45, 7) is 5.53. The van der Waals surface area contributed by atoms with Crippen LogP contribution in [0.1, 0.15) is 30.8 Å². The first-order valence-electron chi connectivity index (χ1n) is 5.50. The smallest absolute Gasteiger partial charge is 0.273 e.